The Morgan fingerprint density at radius 2 is 2.03 bits per heavy atom. The van der Waals surface area contributed by atoms with Gasteiger partial charge in [0.2, 0.25) is 0 Å². The van der Waals surface area contributed by atoms with E-state index in [9.17, 15) is 20.4 Å². The van der Waals surface area contributed by atoms with Crippen molar-refractivity contribution in [3.8, 4) is 0 Å². The van der Waals surface area contributed by atoms with Gasteiger partial charge in [-0.05, 0) is 43.0 Å². The molecule has 8 atom stereocenters. The monoisotopic (exact) mass is 418 g/mol. The largest absolute Gasteiger partial charge is 0.394 e. The number of nitrogens with zero attached hydrogens (tertiary/aromatic N) is 1. The summed E-state index contributed by atoms with van der Waals surface area (Å²) in [6.45, 7) is 0.782. The Morgan fingerprint density at radius 1 is 1.20 bits per heavy atom. The number of aromatic amines is 1. The number of aliphatic hydroxyl groups excluding tert-OH is 4. The van der Waals surface area contributed by atoms with Crippen molar-refractivity contribution in [3.05, 3.63) is 35.5 Å². The summed E-state index contributed by atoms with van der Waals surface area (Å²) in [6.07, 6.45) is -2.04. The number of ether oxygens (including phenoxy) is 2. The number of rotatable bonds is 4. The molecule has 2 aliphatic heterocycles. The Hall–Kier alpha value is -1.52. The van der Waals surface area contributed by atoms with Gasteiger partial charge in [-0.15, -0.1) is 0 Å². The first-order chi connectivity index (χ1) is 14.5. The summed E-state index contributed by atoms with van der Waals surface area (Å²) in [4.78, 5) is 5.79. The van der Waals surface area contributed by atoms with Crippen LogP contribution in [0.15, 0.2) is 24.4 Å². The molecule has 8 nitrogen and oxygen atoms in total. The zero-order valence-electron chi connectivity index (χ0n) is 17.0. The highest BCUT2D eigenvalue weighted by Gasteiger charge is 2.45. The number of piperidine rings is 1. The number of benzene rings is 1. The number of likely N-dealkylation sites (N-methyl/N-ethyl adjacent to an activating group) is 1. The van der Waals surface area contributed by atoms with Gasteiger partial charge in [0.05, 0.1) is 13.2 Å². The van der Waals surface area contributed by atoms with Crippen LogP contribution in [0.5, 0.6) is 0 Å². The van der Waals surface area contributed by atoms with Crippen LogP contribution in [0, 0.1) is 5.92 Å². The first kappa shape index (κ1) is 20.4. The number of aliphatic hydroxyl groups is 4. The summed E-state index contributed by atoms with van der Waals surface area (Å²) >= 11 is 0. The summed E-state index contributed by atoms with van der Waals surface area (Å²) in [5, 5.41) is 40.8. The minimum Gasteiger partial charge on any atom is -0.394 e. The van der Waals surface area contributed by atoms with Crippen molar-refractivity contribution in [1.29, 1.82) is 0 Å². The molecule has 0 bridgehead atoms. The molecule has 2 aromatic rings. The molecule has 2 fully saturated rings. The number of hydrogen-bond donors (Lipinski definition) is 5. The zero-order chi connectivity index (χ0) is 21.0. The second-order valence-corrected chi connectivity index (χ2v) is 9.03. The molecule has 1 aromatic carbocycles. The van der Waals surface area contributed by atoms with Crippen molar-refractivity contribution < 1.29 is 29.9 Å². The molecule has 30 heavy (non-hydrogen) atoms. The van der Waals surface area contributed by atoms with Crippen LogP contribution in [-0.2, 0) is 15.9 Å². The predicted molar refractivity (Wildman–Crippen MR) is 109 cm³/mol. The average Bonchev–Trinajstić information content (AvgIpc) is 3.17. The van der Waals surface area contributed by atoms with E-state index < -0.39 is 37.3 Å². The van der Waals surface area contributed by atoms with Gasteiger partial charge < -0.3 is 39.8 Å². The number of aromatic nitrogens is 1. The van der Waals surface area contributed by atoms with Gasteiger partial charge in [-0.3, -0.25) is 0 Å². The van der Waals surface area contributed by atoms with E-state index in [0.29, 0.717) is 18.6 Å². The van der Waals surface area contributed by atoms with E-state index in [1.165, 1.54) is 22.0 Å². The van der Waals surface area contributed by atoms with Crippen LogP contribution in [0.25, 0.3) is 10.9 Å². The SMILES string of the molecule is CN1CC(CO[C@H]2O[C@H](CO)[C@H](O)[C@H](O)[C@H]2O)C[C@@H]2c3cccc4[nH]cc(c34)C[C@H]21. The molecule has 0 spiro atoms. The highest BCUT2D eigenvalue weighted by Crippen LogP contribution is 2.44. The van der Waals surface area contributed by atoms with E-state index in [0.717, 1.165) is 19.4 Å². The summed E-state index contributed by atoms with van der Waals surface area (Å²) in [5.41, 5.74) is 3.94. The van der Waals surface area contributed by atoms with Crippen LogP contribution in [0.3, 0.4) is 0 Å². The maximum Gasteiger partial charge on any atom is 0.186 e. The summed E-state index contributed by atoms with van der Waals surface area (Å²) in [6, 6.07) is 6.90. The molecule has 1 unspecified atom stereocenters. The molecular formula is C22H30N2O6. The molecule has 0 saturated carbocycles. The number of H-pyrrole nitrogens is 1. The Bertz CT molecular complexity index is 901. The Kier molecular flexibility index (Phi) is 5.35. The van der Waals surface area contributed by atoms with Crippen molar-refractivity contribution in [2.45, 2.75) is 55.5 Å². The van der Waals surface area contributed by atoms with E-state index in [1.54, 1.807) is 0 Å². The molecule has 5 rings (SSSR count). The van der Waals surface area contributed by atoms with E-state index in [1.807, 2.05) is 0 Å². The first-order valence-corrected chi connectivity index (χ1v) is 10.7. The van der Waals surface area contributed by atoms with Crippen molar-refractivity contribution in [2.24, 2.45) is 5.92 Å². The highest BCUT2D eigenvalue weighted by atomic mass is 16.7. The molecular weight excluding hydrogens is 388 g/mol. The highest BCUT2D eigenvalue weighted by molar-refractivity contribution is 5.88. The predicted octanol–water partition coefficient (Wildman–Crippen LogP) is -0.0556. The third-order valence-electron chi connectivity index (χ3n) is 7.16. The molecule has 1 aliphatic carbocycles. The molecule has 3 heterocycles. The minimum absolute atomic E-state index is 0.236. The van der Waals surface area contributed by atoms with Crippen LogP contribution in [-0.4, -0.2) is 93.9 Å². The fraction of sp³-hybridized carbons (Fsp3) is 0.636. The van der Waals surface area contributed by atoms with Gasteiger partial charge in [0, 0.05) is 35.6 Å². The maximum atomic E-state index is 10.2. The lowest BCUT2D eigenvalue weighted by Crippen LogP contribution is -2.59. The first-order valence-electron chi connectivity index (χ1n) is 10.7. The van der Waals surface area contributed by atoms with Gasteiger partial charge >= 0.3 is 0 Å². The molecule has 3 aliphatic rings. The third kappa shape index (κ3) is 3.27. The fourth-order valence-corrected chi connectivity index (χ4v) is 5.61. The minimum atomic E-state index is -1.41. The number of nitrogens with one attached hydrogen (secondary N) is 1. The van der Waals surface area contributed by atoms with Crippen LogP contribution in [0.2, 0.25) is 0 Å². The van der Waals surface area contributed by atoms with Crippen molar-refractivity contribution >= 4 is 10.9 Å². The van der Waals surface area contributed by atoms with Gasteiger partial charge in [0.25, 0.3) is 0 Å². The van der Waals surface area contributed by atoms with Gasteiger partial charge in [-0.2, -0.15) is 0 Å². The van der Waals surface area contributed by atoms with E-state index >= 15 is 0 Å². The Balaban J connectivity index is 1.30. The molecule has 5 N–H and O–H groups in total. The van der Waals surface area contributed by atoms with Crippen LogP contribution >= 0.6 is 0 Å². The number of likely N-dealkylation sites (tertiary alicyclic amines) is 1. The molecule has 0 amide bonds. The smallest absolute Gasteiger partial charge is 0.186 e. The lowest BCUT2D eigenvalue weighted by atomic mass is 9.72. The van der Waals surface area contributed by atoms with Crippen LogP contribution < -0.4 is 0 Å². The van der Waals surface area contributed by atoms with Crippen LogP contribution in [0.1, 0.15) is 23.5 Å². The fourth-order valence-electron chi connectivity index (χ4n) is 5.61. The lowest BCUT2D eigenvalue weighted by molar-refractivity contribution is -0.303. The van der Waals surface area contributed by atoms with Gasteiger partial charge in [0.15, 0.2) is 6.29 Å². The second-order valence-electron chi connectivity index (χ2n) is 9.03. The van der Waals surface area contributed by atoms with Gasteiger partial charge in [-0.1, -0.05) is 12.1 Å². The van der Waals surface area contributed by atoms with E-state index in [-0.39, 0.29) is 5.92 Å². The molecule has 0 radical (unpaired) electrons. The second kappa shape index (κ2) is 7.87. The van der Waals surface area contributed by atoms with Crippen molar-refractivity contribution in [2.75, 3.05) is 26.8 Å². The summed E-state index contributed by atoms with van der Waals surface area (Å²) in [7, 11) is 2.15. The zero-order valence-corrected chi connectivity index (χ0v) is 17.0. The molecule has 1 aromatic heterocycles. The van der Waals surface area contributed by atoms with Crippen molar-refractivity contribution in [3.63, 3.8) is 0 Å². The average molecular weight is 418 g/mol. The number of fused-ring (bicyclic) bond motifs is 2. The lowest BCUT2D eigenvalue weighted by Gasteiger charge is -2.46. The normalized spacial score (nSPS) is 39.2. The van der Waals surface area contributed by atoms with E-state index in [2.05, 4.69) is 41.3 Å². The van der Waals surface area contributed by atoms with Gasteiger partial charge in [-0.25, -0.2) is 0 Å². The third-order valence-corrected chi connectivity index (χ3v) is 7.16. The Morgan fingerprint density at radius 3 is 2.83 bits per heavy atom. The van der Waals surface area contributed by atoms with Crippen LogP contribution in [0.4, 0.5) is 0 Å². The standard InChI is InChI=1S/C22H30N2O6/c1-24-8-11(10-29-22-21(28)20(27)19(26)17(9-25)30-22)5-14-13-3-2-4-15-18(13)12(7-23-15)6-16(14)24/h2-4,7,11,14,16-17,19-23,25-28H,5-6,8-10H2,1H3/t11?,14-,16-,17-,19+,20+,21-,22+/m1/s1. The Labute approximate surface area is 175 Å². The summed E-state index contributed by atoms with van der Waals surface area (Å²) < 4.78 is 11.3. The maximum absolute atomic E-state index is 10.2. The molecule has 2 saturated heterocycles. The van der Waals surface area contributed by atoms with E-state index in [4.69, 9.17) is 9.47 Å². The van der Waals surface area contributed by atoms with Gasteiger partial charge in [0.1, 0.15) is 24.4 Å². The summed E-state index contributed by atoms with van der Waals surface area (Å²) in [5.74, 6) is 0.638. The topological polar surface area (TPSA) is 118 Å². The molecule has 164 valence electrons. The number of hydrogen-bond acceptors (Lipinski definition) is 7. The quantitative estimate of drug-likeness (QED) is 0.472. The molecule has 8 heteroatoms. The van der Waals surface area contributed by atoms with Crippen molar-refractivity contribution in [1.82, 2.24) is 9.88 Å².